The molecule has 12 aromatic rings. The van der Waals surface area contributed by atoms with Gasteiger partial charge in [0.25, 0.3) is 17.7 Å². The van der Waals surface area contributed by atoms with Crippen molar-refractivity contribution in [2.45, 2.75) is 76.5 Å². The molecule has 3 heterocycles. The first-order chi connectivity index (χ1) is 47.3. The standard InChI is InChI=1S/C75H60Cl3N6O13P/c76-52-13-7-46-28-70(58(73(79)88)22-49(46)19-52)92-34-67(85)61-31-82(64-25-43(40-1-2-40)10-16-55(61)64)37-95-98(91,96-38-83-32-62(56-17-11-44(26-65(56)83)41-3-4-41)68(86)35-93-71-29-47-8-14-53(77)20-50(47)23-59(71)74(80)89)97-39-84-33-63(57-18-12-45(27-66(57)84)42-5-6-42)69(87)36-94-72-30-48-9-15-54(78)21-51(48)24-60(72)75(81)90/h7-33,40-42H,1-6,34-39H2,(H2,79,88)(H2,80,89)(H2,81,90). The SMILES string of the molecule is NC(=O)c1cc2cc(Cl)ccc2cc1OCC(=O)c1cn(COP(=O)(OCn2cc(C(=O)COc3cc4ccc(Cl)cc4cc3C(N)=O)c3ccc(C4CC4)cc32)OCn2cc(C(=O)COc3cc4ccc(Cl)cc4cc3C(N)=O)c3ccc(C4CC4)cc32)c2cc(C3CC3)ccc12. The van der Waals surface area contributed by atoms with Crippen LogP contribution >= 0.6 is 42.6 Å². The molecule has 3 amide bonds. The van der Waals surface area contributed by atoms with Crippen molar-refractivity contribution >= 4 is 143 Å². The number of carbonyl (C=O) groups excluding carboxylic acids is 6. The largest absolute Gasteiger partial charge is 0.485 e. The number of carbonyl (C=O) groups is 6. The summed E-state index contributed by atoms with van der Waals surface area (Å²) in [4.78, 5) is 81.9. The lowest BCUT2D eigenvalue weighted by molar-refractivity contribution is 0.0566. The molecule has 3 aliphatic rings. The first kappa shape index (κ1) is 64.2. The lowest BCUT2D eigenvalue weighted by Crippen LogP contribution is -2.16. The van der Waals surface area contributed by atoms with E-state index in [2.05, 4.69) is 0 Å². The minimum absolute atomic E-state index is 0.0575. The molecule has 494 valence electrons. The zero-order valence-corrected chi connectivity index (χ0v) is 55.4. The van der Waals surface area contributed by atoms with E-state index >= 15 is 4.57 Å². The Labute approximate surface area is 574 Å². The molecule has 3 aliphatic carbocycles. The van der Waals surface area contributed by atoms with Crippen molar-refractivity contribution in [3.8, 4) is 17.2 Å². The number of phosphoric acid groups is 1. The number of nitrogens with two attached hydrogens (primary N) is 3. The number of hydrogen-bond acceptors (Lipinski definition) is 13. The van der Waals surface area contributed by atoms with Gasteiger partial charge in [-0.1, -0.05) is 89.4 Å². The molecule has 15 rings (SSSR count). The van der Waals surface area contributed by atoms with E-state index in [0.29, 0.717) is 80.1 Å². The van der Waals surface area contributed by atoms with Crippen LogP contribution in [0.2, 0.25) is 15.1 Å². The maximum Gasteiger partial charge on any atom is 0.480 e. The van der Waals surface area contributed by atoms with E-state index in [1.165, 1.54) is 0 Å². The first-order valence-electron chi connectivity index (χ1n) is 31.8. The molecule has 0 saturated heterocycles. The summed E-state index contributed by atoms with van der Waals surface area (Å²) in [6.45, 7) is -2.95. The van der Waals surface area contributed by atoms with E-state index in [4.69, 9.17) is 79.8 Å². The number of amides is 3. The molecule has 0 atom stereocenters. The summed E-state index contributed by atoms with van der Waals surface area (Å²) in [5.41, 5.74) is 23.1. The minimum atomic E-state index is -4.87. The van der Waals surface area contributed by atoms with Crippen LogP contribution in [0.5, 0.6) is 17.2 Å². The summed E-state index contributed by atoms with van der Waals surface area (Å²) in [5, 5.41) is 7.06. The van der Waals surface area contributed by atoms with Gasteiger partial charge in [0.05, 0.1) is 33.2 Å². The third kappa shape index (κ3) is 13.1. The molecule has 98 heavy (non-hydrogen) atoms. The summed E-state index contributed by atoms with van der Waals surface area (Å²) in [6, 6.07) is 42.4. The van der Waals surface area contributed by atoms with Crippen molar-refractivity contribution in [3.05, 3.63) is 229 Å². The summed E-state index contributed by atoms with van der Waals surface area (Å²) in [7, 11) is -4.87. The molecule has 0 unspecified atom stereocenters. The van der Waals surface area contributed by atoms with Gasteiger partial charge in [0.1, 0.15) is 37.4 Å². The zero-order chi connectivity index (χ0) is 67.8. The van der Waals surface area contributed by atoms with E-state index in [1.807, 2.05) is 54.6 Å². The maximum atomic E-state index is 16.0. The van der Waals surface area contributed by atoms with Crippen LogP contribution in [0.3, 0.4) is 0 Å². The van der Waals surface area contributed by atoms with Crippen LogP contribution in [0.4, 0.5) is 0 Å². The number of fused-ring (bicyclic) bond motifs is 6. The lowest BCUT2D eigenvalue weighted by atomic mass is 10.0. The van der Waals surface area contributed by atoms with Crippen molar-refractivity contribution in [2.24, 2.45) is 17.2 Å². The highest BCUT2D eigenvalue weighted by Gasteiger charge is 2.33. The fraction of sp³-hybridized carbons (Fsp3) is 0.200. The molecular weight excluding hydrogens is 1330 g/mol. The average molecular weight is 1390 g/mol. The van der Waals surface area contributed by atoms with Gasteiger partial charge >= 0.3 is 7.82 Å². The molecule has 0 aliphatic heterocycles. The summed E-state index contributed by atoms with van der Waals surface area (Å²) < 4.78 is 58.6. The number of hydrogen-bond donors (Lipinski definition) is 3. The topological polar surface area (TPSA) is 268 Å². The third-order valence-electron chi connectivity index (χ3n) is 18.4. The van der Waals surface area contributed by atoms with E-state index < -0.39 is 82.9 Å². The monoisotopic (exact) mass is 1390 g/mol. The third-order valence-corrected chi connectivity index (χ3v) is 20.4. The molecule has 3 saturated carbocycles. The number of Topliss-reactive ketones (excluding diaryl/α,β-unsaturated/α-hetero) is 3. The fourth-order valence-corrected chi connectivity index (χ4v) is 14.3. The number of ether oxygens (including phenoxy) is 3. The molecule has 23 heteroatoms. The second-order valence-corrected chi connectivity index (χ2v) is 28.1. The first-order valence-corrected chi connectivity index (χ1v) is 34.4. The number of ketones is 3. The van der Waals surface area contributed by atoms with Gasteiger partial charge in [-0.2, -0.15) is 0 Å². The number of primary amides is 3. The van der Waals surface area contributed by atoms with Gasteiger partial charge in [0, 0.05) is 66.5 Å². The summed E-state index contributed by atoms with van der Waals surface area (Å²) in [6.07, 6.45) is 10.6. The van der Waals surface area contributed by atoms with E-state index in [1.54, 1.807) is 123 Å². The van der Waals surface area contributed by atoms with Crippen molar-refractivity contribution in [1.29, 1.82) is 0 Å². The van der Waals surface area contributed by atoms with Crippen LogP contribution < -0.4 is 31.4 Å². The molecule has 6 N–H and O–H groups in total. The number of phosphoric ester groups is 1. The van der Waals surface area contributed by atoms with E-state index in [-0.39, 0.29) is 68.4 Å². The highest BCUT2D eigenvalue weighted by atomic mass is 35.5. The van der Waals surface area contributed by atoms with E-state index in [0.717, 1.165) is 55.2 Å². The predicted molar refractivity (Wildman–Crippen MR) is 375 cm³/mol. The van der Waals surface area contributed by atoms with E-state index in [9.17, 15) is 28.8 Å². The number of benzene rings is 9. The van der Waals surface area contributed by atoms with Crippen LogP contribution in [-0.4, -0.2) is 68.6 Å². The van der Waals surface area contributed by atoms with Gasteiger partial charge in [-0.3, -0.25) is 42.3 Å². The predicted octanol–water partition coefficient (Wildman–Crippen LogP) is 16.1. The van der Waals surface area contributed by atoms with Crippen LogP contribution in [0, 0.1) is 0 Å². The molecule has 9 aromatic carbocycles. The Morgan fingerprint density at radius 1 is 0.367 bits per heavy atom. The Kier molecular flexibility index (Phi) is 17.0. The Morgan fingerprint density at radius 2 is 0.653 bits per heavy atom. The fourth-order valence-electron chi connectivity index (χ4n) is 12.8. The summed E-state index contributed by atoms with van der Waals surface area (Å²) >= 11 is 18.8. The van der Waals surface area contributed by atoms with Crippen molar-refractivity contribution in [3.63, 3.8) is 0 Å². The number of nitrogens with zero attached hydrogens (tertiary/aromatic N) is 3. The lowest BCUT2D eigenvalue weighted by Gasteiger charge is -2.20. The quantitative estimate of drug-likeness (QED) is 0.0320. The van der Waals surface area contributed by atoms with Gasteiger partial charge < -0.3 is 45.1 Å². The number of aromatic nitrogens is 3. The Hall–Kier alpha value is -9.82. The van der Waals surface area contributed by atoms with Crippen LogP contribution in [0.25, 0.3) is 65.0 Å². The van der Waals surface area contributed by atoms with Crippen molar-refractivity contribution in [1.82, 2.24) is 13.7 Å². The number of rotatable bonds is 27. The minimum Gasteiger partial charge on any atom is -0.485 e. The highest BCUT2D eigenvalue weighted by molar-refractivity contribution is 7.48. The number of halogens is 3. The Morgan fingerprint density at radius 3 is 0.918 bits per heavy atom. The zero-order valence-electron chi connectivity index (χ0n) is 52.3. The Bertz CT molecular complexity index is 4910. The van der Waals surface area contributed by atoms with Crippen molar-refractivity contribution in [2.75, 3.05) is 19.8 Å². The van der Waals surface area contributed by atoms with Crippen molar-refractivity contribution < 1.29 is 61.1 Å². The van der Waals surface area contributed by atoms with Gasteiger partial charge in [0.2, 0.25) is 17.3 Å². The molecule has 0 spiro atoms. The van der Waals surface area contributed by atoms with Gasteiger partial charge in [-0.15, -0.1) is 0 Å². The molecule has 3 aromatic heterocycles. The molecule has 3 fully saturated rings. The van der Waals surface area contributed by atoms with Gasteiger partial charge in [-0.05, 0) is 196 Å². The van der Waals surface area contributed by atoms with Crippen LogP contribution in [0.1, 0.15) is 135 Å². The maximum absolute atomic E-state index is 16.0. The smallest absolute Gasteiger partial charge is 0.480 e. The second kappa shape index (κ2) is 25.9. The van der Waals surface area contributed by atoms with Gasteiger partial charge in [-0.25, -0.2) is 4.57 Å². The molecule has 19 nitrogen and oxygen atoms in total. The van der Waals surface area contributed by atoms with Gasteiger partial charge in [0.15, 0.2) is 19.8 Å². The normalized spacial score (nSPS) is 14.1. The average Bonchev–Trinajstić information content (AvgIpc) is 1.61. The second-order valence-electron chi connectivity index (χ2n) is 25.2. The molecular formula is C75H60Cl3N6O13P. The summed E-state index contributed by atoms with van der Waals surface area (Å²) in [5.74, 6) is -2.49. The molecule has 0 bridgehead atoms. The van der Waals surface area contributed by atoms with Crippen LogP contribution in [-0.2, 0) is 38.3 Å². The van der Waals surface area contributed by atoms with Crippen LogP contribution in [0.15, 0.2) is 164 Å². The molecule has 0 radical (unpaired) electrons. The highest BCUT2D eigenvalue weighted by Crippen LogP contribution is 2.52. The Balaban J connectivity index is 0.761.